The lowest BCUT2D eigenvalue weighted by atomic mass is 10.0. The predicted molar refractivity (Wildman–Crippen MR) is 64.8 cm³/mol. The molecule has 0 atom stereocenters. The van der Waals surface area contributed by atoms with E-state index in [-0.39, 0.29) is 6.07 Å². The van der Waals surface area contributed by atoms with Crippen molar-refractivity contribution >= 4 is 10.9 Å². The number of fused-ring (bicyclic) bond motifs is 1. The zero-order chi connectivity index (χ0) is 16.9. The highest BCUT2D eigenvalue weighted by atomic mass is 19.4. The minimum atomic E-state index is -4.96. The number of rotatable bonds is 1. The molecule has 1 heterocycles. The zero-order valence-electron chi connectivity index (χ0n) is 10.6. The first-order chi connectivity index (χ1) is 9.90. The molecule has 120 valence electrons. The van der Waals surface area contributed by atoms with Crippen LogP contribution in [0.25, 0.3) is 10.9 Å². The Morgan fingerprint density at radius 2 is 1.68 bits per heavy atom. The fourth-order valence-corrected chi connectivity index (χ4v) is 2.02. The molecule has 0 aliphatic heterocycles. The Kier molecular flexibility index (Phi) is 3.50. The van der Waals surface area contributed by atoms with E-state index in [2.05, 4.69) is 0 Å². The normalized spacial score (nSPS) is 12.8. The maximum absolute atomic E-state index is 12.9. The Morgan fingerprint density at radius 3 is 2.18 bits per heavy atom. The lowest BCUT2D eigenvalue weighted by Gasteiger charge is -2.15. The summed E-state index contributed by atoms with van der Waals surface area (Å²) in [4.78, 5) is 11.4. The Balaban J connectivity index is 2.84. The van der Waals surface area contributed by atoms with Gasteiger partial charge in [-0.05, 0) is 6.07 Å². The number of nitrogen functional groups attached to an aromatic ring is 1. The average Bonchev–Trinajstić information content (AvgIpc) is 2.32. The molecule has 2 rings (SSSR count). The monoisotopic (exact) mass is 326 g/mol. The number of hydrogen-bond acceptors (Lipinski definition) is 3. The van der Waals surface area contributed by atoms with Crippen molar-refractivity contribution in [3.63, 3.8) is 0 Å². The summed E-state index contributed by atoms with van der Waals surface area (Å²) in [6, 6.07) is 1.33. The van der Waals surface area contributed by atoms with Crippen LogP contribution >= 0.6 is 0 Å². The number of pyridine rings is 1. The largest absolute Gasteiger partial charge is 0.508 e. The third kappa shape index (κ3) is 2.95. The molecule has 3 N–H and O–H groups in total. The van der Waals surface area contributed by atoms with E-state index in [9.17, 15) is 36.2 Å². The molecule has 1 aromatic carbocycles. The van der Waals surface area contributed by atoms with Crippen LogP contribution in [-0.2, 0) is 12.6 Å². The summed E-state index contributed by atoms with van der Waals surface area (Å²) >= 11 is 0. The second-order valence-corrected chi connectivity index (χ2v) is 4.55. The Morgan fingerprint density at radius 1 is 1.09 bits per heavy atom. The second-order valence-electron chi connectivity index (χ2n) is 4.55. The lowest BCUT2D eigenvalue weighted by molar-refractivity contribution is -0.136. The fraction of sp³-hybridized carbons (Fsp3) is 0.250. The SMILES string of the molecule is Nn1c(=O)cc(C(F)(F)F)c2cc(CC(F)(F)F)c(O)cc21. The number of aromatic hydroxyl groups is 1. The van der Waals surface area contributed by atoms with Gasteiger partial charge in [-0.1, -0.05) is 0 Å². The first-order valence-corrected chi connectivity index (χ1v) is 5.71. The summed E-state index contributed by atoms with van der Waals surface area (Å²) in [5, 5.41) is 8.83. The number of alkyl halides is 6. The fourth-order valence-electron chi connectivity index (χ4n) is 2.02. The van der Waals surface area contributed by atoms with Gasteiger partial charge in [-0.2, -0.15) is 26.3 Å². The average molecular weight is 326 g/mol. The van der Waals surface area contributed by atoms with Crippen LogP contribution in [0, 0.1) is 0 Å². The molecular formula is C12H8F6N2O2. The molecular weight excluding hydrogens is 318 g/mol. The van der Waals surface area contributed by atoms with Crippen LogP contribution in [-0.4, -0.2) is 16.0 Å². The van der Waals surface area contributed by atoms with Crippen LogP contribution in [0.15, 0.2) is 23.0 Å². The van der Waals surface area contributed by atoms with E-state index in [4.69, 9.17) is 5.84 Å². The molecule has 0 aliphatic rings. The lowest BCUT2D eigenvalue weighted by Crippen LogP contribution is -2.29. The van der Waals surface area contributed by atoms with E-state index in [0.29, 0.717) is 16.8 Å². The maximum atomic E-state index is 12.9. The molecule has 0 saturated heterocycles. The number of halogens is 6. The highest BCUT2D eigenvalue weighted by Crippen LogP contribution is 2.37. The van der Waals surface area contributed by atoms with Crippen molar-refractivity contribution in [2.45, 2.75) is 18.8 Å². The minimum absolute atomic E-state index is 0.191. The van der Waals surface area contributed by atoms with E-state index < -0.39 is 52.1 Å². The van der Waals surface area contributed by atoms with Gasteiger partial charge in [0.1, 0.15) is 5.75 Å². The predicted octanol–water partition coefficient (Wildman–Crippen LogP) is 2.54. The van der Waals surface area contributed by atoms with Crippen LogP contribution in [0.1, 0.15) is 11.1 Å². The van der Waals surface area contributed by atoms with Gasteiger partial charge in [-0.3, -0.25) is 4.79 Å². The molecule has 1 aromatic heterocycles. The molecule has 0 spiro atoms. The van der Waals surface area contributed by atoms with Crippen LogP contribution in [0.4, 0.5) is 26.3 Å². The summed E-state index contributed by atoms with van der Waals surface area (Å²) in [6.45, 7) is 0. The molecule has 22 heavy (non-hydrogen) atoms. The van der Waals surface area contributed by atoms with Crippen molar-refractivity contribution in [2.24, 2.45) is 0 Å². The van der Waals surface area contributed by atoms with E-state index in [0.717, 1.165) is 0 Å². The van der Waals surface area contributed by atoms with Crippen molar-refractivity contribution in [3.05, 3.63) is 39.7 Å². The molecule has 0 radical (unpaired) electrons. The molecule has 0 saturated carbocycles. The van der Waals surface area contributed by atoms with Gasteiger partial charge < -0.3 is 10.9 Å². The molecule has 0 fully saturated rings. The Labute approximate surface area is 118 Å². The summed E-state index contributed by atoms with van der Waals surface area (Å²) in [6.07, 6.45) is -11.3. The van der Waals surface area contributed by atoms with Crippen molar-refractivity contribution in [1.29, 1.82) is 0 Å². The summed E-state index contributed by atoms with van der Waals surface area (Å²) in [5.74, 6) is 4.38. The number of benzene rings is 1. The highest BCUT2D eigenvalue weighted by Gasteiger charge is 2.35. The van der Waals surface area contributed by atoms with Gasteiger partial charge in [0.2, 0.25) is 0 Å². The number of phenolic OH excluding ortho intramolecular Hbond substituents is 1. The first-order valence-electron chi connectivity index (χ1n) is 5.71. The van der Waals surface area contributed by atoms with Gasteiger partial charge in [0.05, 0.1) is 17.5 Å². The Hall–Kier alpha value is -2.39. The Bertz CT molecular complexity index is 791. The molecule has 0 bridgehead atoms. The number of nitrogens with two attached hydrogens (primary N) is 1. The van der Waals surface area contributed by atoms with Gasteiger partial charge in [-0.15, -0.1) is 0 Å². The maximum Gasteiger partial charge on any atom is 0.417 e. The molecule has 2 aromatic rings. The van der Waals surface area contributed by atoms with Gasteiger partial charge in [0.25, 0.3) is 5.56 Å². The summed E-state index contributed by atoms with van der Waals surface area (Å²) in [7, 11) is 0. The van der Waals surface area contributed by atoms with Crippen molar-refractivity contribution in [1.82, 2.24) is 4.68 Å². The molecule has 0 unspecified atom stereocenters. The van der Waals surface area contributed by atoms with Gasteiger partial charge in [-0.25, -0.2) is 4.68 Å². The number of hydrogen-bond donors (Lipinski definition) is 2. The van der Waals surface area contributed by atoms with E-state index >= 15 is 0 Å². The first kappa shape index (κ1) is 16.0. The number of aromatic nitrogens is 1. The van der Waals surface area contributed by atoms with Crippen molar-refractivity contribution < 1.29 is 31.4 Å². The van der Waals surface area contributed by atoms with E-state index in [1.807, 2.05) is 0 Å². The van der Waals surface area contributed by atoms with Crippen LogP contribution in [0.2, 0.25) is 0 Å². The van der Waals surface area contributed by atoms with E-state index in [1.54, 1.807) is 0 Å². The van der Waals surface area contributed by atoms with Gasteiger partial charge in [0, 0.05) is 23.1 Å². The molecule has 0 aliphatic carbocycles. The van der Waals surface area contributed by atoms with Crippen LogP contribution < -0.4 is 11.4 Å². The van der Waals surface area contributed by atoms with E-state index in [1.165, 1.54) is 0 Å². The second kappa shape index (κ2) is 4.82. The zero-order valence-corrected chi connectivity index (χ0v) is 10.6. The molecule has 4 nitrogen and oxygen atoms in total. The number of phenols is 1. The molecule has 0 amide bonds. The van der Waals surface area contributed by atoms with Gasteiger partial charge in [0.15, 0.2) is 0 Å². The summed E-state index contributed by atoms with van der Waals surface area (Å²) in [5.41, 5.74) is -3.90. The standard InChI is InChI=1S/C12H8F6N2O2/c13-11(14,15)4-5-1-6-7(12(16,17)18)2-10(22)20(19)8(6)3-9(5)21/h1-3,21H,4,19H2. The summed E-state index contributed by atoms with van der Waals surface area (Å²) < 4.78 is 76.3. The number of nitrogens with zero attached hydrogens (tertiary/aromatic N) is 1. The highest BCUT2D eigenvalue weighted by molar-refractivity contribution is 5.85. The topological polar surface area (TPSA) is 68.2 Å². The third-order valence-electron chi connectivity index (χ3n) is 2.95. The molecule has 10 heteroatoms. The minimum Gasteiger partial charge on any atom is -0.508 e. The smallest absolute Gasteiger partial charge is 0.417 e. The van der Waals surface area contributed by atoms with Crippen LogP contribution in [0.3, 0.4) is 0 Å². The van der Waals surface area contributed by atoms with Gasteiger partial charge >= 0.3 is 12.4 Å². The quantitative estimate of drug-likeness (QED) is 0.625. The van der Waals surface area contributed by atoms with Crippen molar-refractivity contribution in [2.75, 3.05) is 5.84 Å². The third-order valence-corrected chi connectivity index (χ3v) is 2.95. The van der Waals surface area contributed by atoms with Crippen molar-refractivity contribution in [3.8, 4) is 5.75 Å². The van der Waals surface area contributed by atoms with Crippen LogP contribution in [0.5, 0.6) is 5.75 Å².